The molecule has 6 nitrogen and oxygen atoms in total. The molecule has 0 unspecified atom stereocenters. The van der Waals surface area contributed by atoms with Crippen molar-refractivity contribution in [1.29, 1.82) is 0 Å². The second kappa shape index (κ2) is 10.7. The van der Waals surface area contributed by atoms with Gasteiger partial charge in [-0.25, -0.2) is 0 Å². The molecular weight excluding hydrogens is 464 g/mol. The van der Waals surface area contributed by atoms with Crippen LogP contribution in [0.25, 0.3) is 0 Å². The van der Waals surface area contributed by atoms with Gasteiger partial charge >= 0.3 is 0 Å². The summed E-state index contributed by atoms with van der Waals surface area (Å²) in [4.78, 5) is 26.9. The molecule has 2 aliphatic rings. The summed E-state index contributed by atoms with van der Waals surface area (Å²) >= 11 is 0. The average Bonchev–Trinajstić information content (AvgIpc) is 2.92. The van der Waals surface area contributed by atoms with Crippen molar-refractivity contribution in [3.63, 3.8) is 0 Å². The van der Waals surface area contributed by atoms with Crippen molar-refractivity contribution in [3.8, 4) is 11.5 Å². The van der Waals surface area contributed by atoms with E-state index in [0.717, 1.165) is 41.1 Å². The fourth-order valence-electron chi connectivity index (χ4n) is 5.05. The Morgan fingerprint density at radius 1 is 0.973 bits per heavy atom. The van der Waals surface area contributed by atoms with Crippen LogP contribution >= 0.6 is 0 Å². The first-order valence-electron chi connectivity index (χ1n) is 12.5. The Labute approximate surface area is 217 Å². The Bertz CT molecular complexity index is 1370. The number of hydrogen-bond acceptors (Lipinski definition) is 5. The number of Topliss-reactive ketones (excluding diaryl/α,β-unsaturated/α-hetero) is 1. The number of para-hydroxylation sites is 2. The molecule has 0 saturated carbocycles. The zero-order valence-electron chi connectivity index (χ0n) is 21.0. The molecule has 0 saturated heterocycles. The van der Waals surface area contributed by atoms with E-state index in [2.05, 4.69) is 10.6 Å². The third-order valence-electron chi connectivity index (χ3n) is 6.84. The highest BCUT2D eigenvalue weighted by Crippen LogP contribution is 2.43. The minimum atomic E-state index is -0.470. The molecule has 1 atom stereocenters. The van der Waals surface area contributed by atoms with Crippen LogP contribution in [-0.2, 0) is 16.2 Å². The number of ketones is 1. The van der Waals surface area contributed by atoms with E-state index >= 15 is 0 Å². The number of carbonyl (C=O) groups excluding carboxylic acids is 2. The number of ether oxygens (including phenoxy) is 2. The zero-order valence-corrected chi connectivity index (χ0v) is 21.0. The highest BCUT2D eigenvalue weighted by Gasteiger charge is 2.38. The molecule has 5 rings (SSSR count). The first kappa shape index (κ1) is 24.4. The van der Waals surface area contributed by atoms with Gasteiger partial charge in [-0.1, -0.05) is 54.6 Å². The second-order valence-electron chi connectivity index (χ2n) is 9.26. The van der Waals surface area contributed by atoms with Gasteiger partial charge in [-0.05, 0) is 55.2 Å². The van der Waals surface area contributed by atoms with Gasteiger partial charge in [0.2, 0.25) is 0 Å². The number of rotatable bonds is 7. The summed E-state index contributed by atoms with van der Waals surface area (Å²) in [5, 5.41) is 6.37. The predicted molar refractivity (Wildman–Crippen MR) is 143 cm³/mol. The lowest BCUT2D eigenvalue weighted by atomic mass is 9.75. The molecule has 3 aromatic rings. The standard InChI is InChI=1S/C31H30N2O4/c1-20-28(31(35)33-24-11-6-7-14-27(24)36-2)29(30-25(32-20)12-8-13-26(30)34)22-15-17-23(18-16-22)37-19-21-9-4-3-5-10-21/h3-7,9-11,14-18,29,32H,8,12-13,19H2,1-2H3,(H,33,35)/t29-/m1/s1. The lowest BCUT2D eigenvalue weighted by molar-refractivity contribution is -0.116. The quantitative estimate of drug-likeness (QED) is 0.429. The van der Waals surface area contributed by atoms with Gasteiger partial charge in [0.25, 0.3) is 5.91 Å². The minimum absolute atomic E-state index is 0.0817. The third kappa shape index (κ3) is 5.14. The maximum atomic E-state index is 13.7. The average molecular weight is 495 g/mol. The first-order chi connectivity index (χ1) is 18.0. The van der Waals surface area contributed by atoms with E-state index in [-0.39, 0.29) is 11.7 Å². The Morgan fingerprint density at radius 3 is 2.46 bits per heavy atom. The number of carbonyl (C=O) groups is 2. The smallest absolute Gasteiger partial charge is 0.254 e. The third-order valence-corrected chi connectivity index (χ3v) is 6.84. The molecule has 37 heavy (non-hydrogen) atoms. The lowest BCUT2D eigenvalue weighted by Gasteiger charge is -2.34. The number of hydrogen-bond donors (Lipinski definition) is 2. The number of dihydropyridines is 1. The number of nitrogens with one attached hydrogen (secondary N) is 2. The van der Waals surface area contributed by atoms with E-state index in [0.29, 0.717) is 35.6 Å². The van der Waals surface area contributed by atoms with Gasteiger partial charge in [0.1, 0.15) is 18.1 Å². The van der Waals surface area contributed by atoms with Gasteiger partial charge in [0, 0.05) is 34.9 Å². The molecule has 0 bridgehead atoms. The molecule has 1 aliphatic heterocycles. The van der Waals surface area contributed by atoms with Crippen molar-refractivity contribution in [2.24, 2.45) is 0 Å². The van der Waals surface area contributed by atoms with Crippen LogP contribution in [0.1, 0.15) is 43.2 Å². The highest BCUT2D eigenvalue weighted by molar-refractivity contribution is 6.10. The van der Waals surface area contributed by atoms with Crippen molar-refractivity contribution in [2.75, 3.05) is 12.4 Å². The van der Waals surface area contributed by atoms with E-state index in [9.17, 15) is 9.59 Å². The summed E-state index contributed by atoms with van der Waals surface area (Å²) in [7, 11) is 1.57. The van der Waals surface area contributed by atoms with Gasteiger partial charge in [0.05, 0.1) is 12.8 Å². The Kier molecular flexibility index (Phi) is 7.08. The molecule has 0 fully saturated rings. The molecule has 0 spiro atoms. The Morgan fingerprint density at radius 2 is 1.70 bits per heavy atom. The molecule has 0 radical (unpaired) electrons. The van der Waals surface area contributed by atoms with E-state index < -0.39 is 5.92 Å². The van der Waals surface area contributed by atoms with Crippen LogP contribution in [0.15, 0.2) is 101 Å². The molecule has 3 aromatic carbocycles. The van der Waals surface area contributed by atoms with Crippen molar-refractivity contribution in [2.45, 2.75) is 38.7 Å². The van der Waals surface area contributed by atoms with Crippen LogP contribution < -0.4 is 20.1 Å². The fourth-order valence-corrected chi connectivity index (χ4v) is 5.05. The number of benzene rings is 3. The van der Waals surface area contributed by atoms with Crippen molar-refractivity contribution in [1.82, 2.24) is 5.32 Å². The predicted octanol–water partition coefficient (Wildman–Crippen LogP) is 5.88. The van der Waals surface area contributed by atoms with Crippen LogP contribution in [0.3, 0.4) is 0 Å². The molecular formula is C31H30N2O4. The van der Waals surface area contributed by atoms with Crippen LogP contribution in [0.5, 0.6) is 11.5 Å². The fraction of sp³-hybridized carbons (Fsp3) is 0.226. The van der Waals surface area contributed by atoms with Gasteiger partial charge < -0.3 is 20.1 Å². The number of anilines is 1. The van der Waals surface area contributed by atoms with Crippen molar-refractivity contribution in [3.05, 3.63) is 113 Å². The van der Waals surface area contributed by atoms with Crippen LogP contribution in [0.4, 0.5) is 5.69 Å². The molecule has 188 valence electrons. The molecule has 2 N–H and O–H groups in total. The maximum absolute atomic E-state index is 13.7. The summed E-state index contributed by atoms with van der Waals surface area (Å²) in [6.45, 7) is 2.36. The lowest BCUT2D eigenvalue weighted by Crippen LogP contribution is -2.35. The zero-order chi connectivity index (χ0) is 25.8. The molecule has 6 heteroatoms. The summed E-state index contributed by atoms with van der Waals surface area (Å²) in [6.07, 6.45) is 2.07. The summed E-state index contributed by atoms with van der Waals surface area (Å²) in [6, 6.07) is 25.0. The van der Waals surface area contributed by atoms with Crippen molar-refractivity contribution < 1.29 is 19.1 Å². The van der Waals surface area contributed by atoms with E-state index in [1.165, 1.54) is 0 Å². The maximum Gasteiger partial charge on any atom is 0.254 e. The van der Waals surface area contributed by atoms with Gasteiger partial charge in [-0.2, -0.15) is 0 Å². The van der Waals surface area contributed by atoms with E-state index in [1.54, 1.807) is 19.2 Å². The summed E-state index contributed by atoms with van der Waals surface area (Å²) < 4.78 is 11.4. The van der Waals surface area contributed by atoms with E-state index in [4.69, 9.17) is 9.47 Å². The topological polar surface area (TPSA) is 76.7 Å². The Balaban J connectivity index is 1.46. The molecule has 1 heterocycles. The Hall–Kier alpha value is -4.32. The highest BCUT2D eigenvalue weighted by atomic mass is 16.5. The first-order valence-corrected chi connectivity index (χ1v) is 12.5. The van der Waals surface area contributed by atoms with Gasteiger partial charge in [-0.3, -0.25) is 9.59 Å². The minimum Gasteiger partial charge on any atom is -0.495 e. The van der Waals surface area contributed by atoms with Crippen LogP contribution in [0, 0.1) is 0 Å². The number of allylic oxidation sites excluding steroid dienone is 3. The normalized spacial score (nSPS) is 17.1. The second-order valence-corrected chi connectivity index (χ2v) is 9.26. The SMILES string of the molecule is COc1ccccc1NC(=O)C1=C(C)NC2=C(C(=O)CCC2)[C@@H]1c1ccc(OCc2ccccc2)cc1. The number of methoxy groups -OCH3 is 1. The summed E-state index contributed by atoms with van der Waals surface area (Å²) in [5.74, 6) is 0.642. The van der Waals surface area contributed by atoms with Crippen LogP contribution in [-0.4, -0.2) is 18.8 Å². The number of amides is 1. The van der Waals surface area contributed by atoms with E-state index in [1.807, 2.05) is 73.7 Å². The van der Waals surface area contributed by atoms with Gasteiger partial charge in [0.15, 0.2) is 5.78 Å². The molecule has 1 aliphatic carbocycles. The van der Waals surface area contributed by atoms with Crippen molar-refractivity contribution >= 4 is 17.4 Å². The van der Waals surface area contributed by atoms with Crippen LogP contribution in [0.2, 0.25) is 0 Å². The largest absolute Gasteiger partial charge is 0.495 e. The van der Waals surface area contributed by atoms with Gasteiger partial charge in [-0.15, -0.1) is 0 Å². The monoisotopic (exact) mass is 494 g/mol. The summed E-state index contributed by atoms with van der Waals surface area (Å²) in [5.41, 5.74) is 5.40. The molecule has 0 aromatic heterocycles. The molecule has 1 amide bonds.